The normalized spacial score (nSPS) is 22.1. The third-order valence-electron chi connectivity index (χ3n) is 3.07. The molecule has 20 heavy (non-hydrogen) atoms. The highest BCUT2D eigenvalue weighted by Crippen LogP contribution is 2.25. The lowest BCUT2D eigenvalue weighted by Crippen LogP contribution is -2.41. The van der Waals surface area contributed by atoms with Crippen LogP contribution in [0, 0.1) is 11.6 Å². The summed E-state index contributed by atoms with van der Waals surface area (Å²) in [6.45, 7) is -0.251. The van der Waals surface area contributed by atoms with Crippen molar-refractivity contribution in [3.63, 3.8) is 0 Å². The van der Waals surface area contributed by atoms with Crippen LogP contribution in [-0.2, 0) is 4.79 Å². The van der Waals surface area contributed by atoms with E-state index in [-0.39, 0.29) is 13.0 Å². The summed E-state index contributed by atoms with van der Waals surface area (Å²) in [6.07, 6.45) is -1.17. The van der Waals surface area contributed by atoms with Crippen molar-refractivity contribution in [3.05, 3.63) is 34.4 Å². The van der Waals surface area contributed by atoms with Gasteiger partial charge in [0.2, 0.25) is 0 Å². The second-order valence-electron chi connectivity index (χ2n) is 4.45. The molecule has 5 nitrogen and oxygen atoms in total. The zero-order valence-corrected chi connectivity index (χ0v) is 10.8. The number of rotatable bonds is 2. The number of carbonyl (C=O) groups is 2. The number of likely N-dealkylation sites (tertiary alicyclic amines) is 1. The predicted molar refractivity (Wildman–Crippen MR) is 64.5 cm³/mol. The highest BCUT2D eigenvalue weighted by molar-refractivity contribution is 6.30. The zero-order chi connectivity index (χ0) is 15.0. The Balaban J connectivity index is 2.36. The minimum absolute atomic E-state index is 0.154. The smallest absolute Gasteiger partial charge is 0.326 e. The van der Waals surface area contributed by atoms with Crippen LogP contribution in [0.2, 0.25) is 5.02 Å². The van der Waals surface area contributed by atoms with Gasteiger partial charge in [0.05, 0.1) is 16.7 Å². The molecule has 1 aliphatic rings. The molecular weight excluding hydrogens is 296 g/mol. The first-order valence-electron chi connectivity index (χ1n) is 5.67. The van der Waals surface area contributed by atoms with Crippen LogP contribution >= 0.6 is 11.6 Å². The van der Waals surface area contributed by atoms with Gasteiger partial charge < -0.3 is 15.1 Å². The van der Waals surface area contributed by atoms with Crippen LogP contribution < -0.4 is 0 Å². The van der Waals surface area contributed by atoms with E-state index in [9.17, 15) is 23.5 Å². The minimum Gasteiger partial charge on any atom is -0.480 e. The van der Waals surface area contributed by atoms with E-state index in [1.165, 1.54) is 0 Å². The van der Waals surface area contributed by atoms with Gasteiger partial charge in [-0.2, -0.15) is 0 Å². The Morgan fingerprint density at radius 3 is 2.55 bits per heavy atom. The SMILES string of the molecule is O=C(O)[C@@H]1CC(O)CN1C(=O)c1cc(F)c(Cl)cc1F. The summed E-state index contributed by atoms with van der Waals surface area (Å²) in [6, 6.07) is -0.00800. The summed E-state index contributed by atoms with van der Waals surface area (Å²) in [5.74, 6) is -4.35. The van der Waals surface area contributed by atoms with Crippen molar-refractivity contribution in [2.45, 2.75) is 18.6 Å². The number of carbonyl (C=O) groups excluding carboxylic acids is 1. The molecule has 1 unspecified atom stereocenters. The number of amides is 1. The molecule has 1 saturated heterocycles. The van der Waals surface area contributed by atoms with Crippen LogP contribution in [0.5, 0.6) is 0 Å². The van der Waals surface area contributed by atoms with Crippen molar-refractivity contribution in [1.82, 2.24) is 4.90 Å². The van der Waals surface area contributed by atoms with Gasteiger partial charge in [-0.05, 0) is 12.1 Å². The number of aliphatic carboxylic acids is 1. The maximum absolute atomic E-state index is 13.7. The number of β-amino-alcohol motifs (C(OH)–C–C–N with tert-alkyl or cyclic N) is 1. The van der Waals surface area contributed by atoms with Crippen LogP contribution in [0.1, 0.15) is 16.8 Å². The molecule has 0 radical (unpaired) electrons. The molecule has 1 fully saturated rings. The molecule has 108 valence electrons. The largest absolute Gasteiger partial charge is 0.480 e. The molecule has 1 aromatic rings. The molecule has 8 heteroatoms. The van der Waals surface area contributed by atoms with Crippen LogP contribution in [0.4, 0.5) is 8.78 Å². The van der Waals surface area contributed by atoms with Gasteiger partial charge in [-0.3, -0.25) is 4.79 Å². The van der Waals surface area contributed by atoms with Crippen LogP contribution in [0.15, 0.2) is 12.1 Å². The fourth-order valence-corrected chi connectivity index (χ4v) is 2.26. The van der Waals surface area contributed by atoms with Gasteiger partial charge in [0.15, 0.2) is 0 Å². The number of nitrogens with zero attached hydrogens (tertiary/aromatic N) is 1. The maximum atomic E-state index is 13.7. The summed E-state index contributed by atoms with van der Waals surface area (Å²) in [4.78, 5) is 23.9. The first-order chi connectivity index (χ1) is 9.31. The first kappa shape index (κ1) is 14.7. The van der Waals surface area contributed by atoms with Gasteiger partial charge in [-0.1, -0.05) is 11.6 Å². The molecule has 2 N–H and O–H groups in total. The molecule has 2 atom stereocenters. The van der Waals surface area contributed by atoms with E-state index in [0.29, 0.717) is 12.1 Å². The number of hydrogen-bond donors (Lipinski definition) is 2. The number of hydrogen-bond acceptors (Lipinski definition) is 3. The zero-order valence-electron chi connectivity index (χ0n) is 10.0. The number of carboxylic acids is 1. The molecule has 1 aliphatic heterocycles. The molecule has 1 heterocycles. The van der Waals surface area contributed by atoms with Crippen LogP contribution in [0.25, 0.3) is 0 Å². The fourth-order valence-electron chi connectivity index (χ4n) is 2.11. The Morgan fingerprint density at radius 1 is 1.30 bits per heavy atom. The molecule has 2 rings (SSSR count). The molecule has 0 bridgehead atoms. The first-order valence-corrected chi connectivity index (χ1v) is 6.05. The lowest BCUT2D eigenvalue weighted by Gasteiger charge is -2.21. The Morgan fingerprint density at radius 2 is 1.95 bits per heavy atom. The standard InChI is InChI=1S/C12H10ClF2NO4/c13-7-3-8(14)6(2-9(7)15)11(18)16-4-5(17)1-10(16)12(19)20/h2-3,5,10,17H,1,4H2,(H,19,20)/t5?,10-/m0/s1. The number of aliphatic hydroxyl groups is 1. The van der Waals surface area contributed by atoms with E-state index in [0.717, 1.165) is 4.90 Å². The van der Waals surface area contributed by atoms with Gasteiger partial charge in [-0.25, -0.2) is 13.6 Å². The molecule has 0 saturated carbocycles. The average molecular weight is 306 g/mol. The highest BCUT2D eigenvalue weighted by atomic mass is 35.5. The summed E-state index contributed by atoms with van der Waals surface area (Å²) in [7, 11) is 0. The van der Waals surface area contributed by atoms with E-state index in [4.69, 9.17) is 16.7 Å². The summed E-state index contributed by atoms with van der Waals surface area (Å²) >= 11 is 5.38. The average Bonchev–Trinajstić information content (AvgIpc) is 2.75. The van der Waals surface area contributed by atoms with E-state index < -0.39 is 46.2 Å². The third kappa shape index (κ3) is 2.59. The van der Waals surface area contributed by atoms with Crippen molar-refractivity contribution in [2.75, 3.05) is 6.54 Å². The second-order valence-corrected chi connectivity index (χ2v) is 4.85. The number of carboxylic acid groups (broad SMARTS) is 1. The third-order valence-corrected chi connectivity index (χ3v) is 3.35. The van der Waals surface area contributed by atoms with Gasteiger partial charge >= 0.3 is 5.97 Å². The number of halogens is 3. The topological polar surface area (TPSA) is 77.8 Å². The lowest BCUT2D eigenvalue weighted by atomic mass is 10.1. The summed E-state index contributed by atoms with van der Waals surface area (Å²) in [5.41, 5.74) is -0.618. The monoisotopic (exact) mass is 305 g/mol. The predicted octanol–water partition coefficient (Wildman–Crippen LogP) is 1.28. The second kappa shape index (κ2) is 5.34. The van der Waals surface area contributed by atoms with Crippen LogP contribution in [-0.4, -0.2) is 45.7 Å². The van der Waals surface area contributed by atoms with Crippen molar-refractivity contribution in [2.24, 2.45) is 0 Å². The molecule has 0 spiro atoms. The van der Waals surface area contributed by atoms with E-state index in [1.54, 1.807) is 0 Å². The quantitative estimate of drug-likeness (QED) is 0.807. The van der Waals surface area contributed by atoms with E-state index in [2.05, 4.69) is 0 Å². The van der Waals surface area contributed by atoms with Gasteiger partial charge in [0, 0.05) is 13.0 Å². The molecule has 0 aromatic heterocycles. The maximum Gasteiger partial charge on any atom is 0.326 e. The minimum atomic E-state index is -1.32. The Kier molecular flexibility index (Phi) is 3.92. The summed E-state index contributed by atoms with van der Waals surface area (Å²) in [5, 5.41) is 17.9. The van der Waals surface area contributed by atoms with Gasteiger partial charge in [0.25, 0.3) is 5.91 Å². The number of benzene rings is 1. The molecular formula is C12H10ClF2NO4. The molecule has 1 amide bonds. The Bertz CT molecular complexity index is 581. The van der Waals surface area contributed by atoms with Crippen molar-refractivity contribution in [1.29, 1.82) is 0 Å². The summed E-state index contributed by atoms with van der Waals surface area (Å²) < 4.78 is 27.0. The van der Waals surface area contributed by atoms with Gasteiger partial charge in [-0.15, -0.1) is 0 Å². The lowest BCUT2D eigenvalue weighted by molar-refractivity contribution is -0.141. The molecule has 1 aromatic carbocycles. The Labute approximate surface area is 117 Å². The van der Waals surface area contributed by atoms with Crippen molar-refractivity contribution < 1.29 is 28.6 Å². The molecule has 0 aliphatic carbocycles. The van der Waals surface area contributed by atoms with Gasteiger partial charge in [0.1, 0.15) is 17.7 Å². The van der Waals surface area contributed by atoms with E-state index in [1.807, 2.05) is 0 Å². The number of aliphatic hydroxyl groups excluding tert-OH is 1. The van der Waals surface area contributed by atoms with E-state index >= 15 is 0 Å². The Hall–Kier alpha value is -1.73. The van der Waals surface area contributed by atoms with Crippen molar-refractivity contribution in [3.8, 4) is 0 Å². The fraction of sp³-hybridized carbons (Fsp3) is 0.333. The highest BCUT2D eigenvalue weighted by Gasteiger charge is 2.40. The van der Waals surface area contributed by atoms with Crippen molar-refractivity contribution >= 4 is 23.5 Å². The van der Waals surface area contributed by atoms with Crippen LogP contribution in [0.3, 0.4) is 0 Å².